The predicted molar refractivity (Wildman–Crippen MR) is 116 cm³/mol. The van der Waals surface area contributed by atoms with Gasteiger partial charge in [-0.15, -0.1) is 11.3 Å². The monoisotopic (exact) mass is 430 g/mol. The summed E-state index contributed by atoms with van der Waals surface area (Å²) >= 11 is 7.52. The molecule has 3 N–H and O–H groups in total. The SMILES string of the molecule is CCOC(=O)c1c(-c2ccccc2Cl)csc1NC(=O)CNc1cccc(O)c1. The minimum Gasteiger partial charge on any atom is -0.508 e. The van der Waals surface area contributed by atoms with Gasteiger partial charge in [-0.1, -0.05) is 35.9 Å². The van der Waals surface area contributed by atoms with Crippen molar-refractivity contribution in [2.75, 3.05) is 23.8 Å². The molecule has 0 aliphatic rings. The molecular formula is C21H19ClN2O4S. The topological polar surface area (TPSA) is 87.7 Å². The molecule has 29 heavy (non-hydrogen) atoms. The van der Waals surface area contributed by atoms with Gasteiger partial charge >= 0.3 is 5.97 Å². The van der Waals surface area contributed by atoms with Crippen molar-refractivity contribution in [1.29, 1.82) is 0 Å². The highest BCUT2D eigenvalue weighted by Gasteiger charge is 2.23. The third kappa shape index (κ3) is 5.07. The zero-order valence-electron chi connectivity index (χ0n) is 15.6. The molecule has 1 amide bonds. The highest BCUT2D eigenvalue weighted by atomic mass is 35.5. The summed E-state index contributed by atoms with van der Waals surface area (Å²) in [5.74, 6) is -0.769. The van der Waals surface area contributed by atoms with Crippen molar-refractivity contribution in [2.45, 2.75) is 6.92 Å². The smallest absolute Gasteiger partial charge is 0.341 e. The van der Waals surface area contributed by atoms with E-state index in [0.29, 0.717) is 26.8 Å². The molecule has 0 atom stereocenters. The molecule has 8 heteroatoms. The van der Waals surface area contributed by atoms with Crippen LogP contribution in [0.2, 0.25) is 5.02 Å². The molecule has 0 saturated heterocycles. The molecule has 0 saturated carbocycles. The molecule has 0 radical (unpaired) electrons. The standard InChI is InChI=1S/C21H19ClN2O4S/c1-2-28-21(27)19-16(15-8-3-4-9-17(15)22)12-29-20(19)24-18(26)11-23-13-6-5-7-14(25)10-13/h3-10,12,23,25H,2,11H2,1H3,(H,24,26). The molecule has 0 fully saturated rings. The number of aromatic hydroxyl groups is 1. The van der Waals surface area contributed by atoms with Gasteiger partial charge in [-0.25, -0.2) is 4.79 Å². The van der Waals surface area contributed by atoms with Crippen molar-refractivity contribution in [3.8, 4) is 16.9 Å². The molecule has 6 nitrogen and oxygen atoms in total. The number of nitrogens with one attached hydrogen (secondary N) is 2. The predicted octanol–water partition coefficient (Wildman–Crippen LogP) is 5.00. The van der Waals surface area contributed by atoms with Crippen LogP contribution in [0, 0.1) is 0 Å². The number of phenols is 1. The Morgan fingerprint density at radius 2 is 1.93 bits per heavy atom. The molecule has 0 aliphatic carbocycles. The second-order valence-corrected chi connectivity index (χ2v) is 7.29. The summed E-state index contributed by atoms with van der Waals surface area (Å²) in [6, 6.07) is 13.6. The highest BCUT2D eigenvalue weighted by Crippen LogP contribution is 2.39. The maximum absolute atomic E-state index is 12.6. The van der Waals surface area contributed by atoms with Crippen LogP contribution in [-0.4, -0.2) is 30.1 Å². The number of hydrogen-bond acceptors (Lipinski definition) is 6. The molecule has 1 aromatic heterocycles. The number of halogens is 1. The van der Waals surface area contributed by atoms with Gasteiger partial charge in [-0.3, -0.25) is 4.79 Å². The summed E-state index contributed by atoms with van der Waals surface area (Å²) in [5.41, 5.74) is 2.17. The molecule has 0 bridgehead atoms. The van der Waals surface area contributed by atoms with E-state index in [1.807, 2.05) is 12.1 Å². The number of carbonyl (C=O) groups is 2. The number of ether oxygens (including phenoxy) is 1. The summed E-state index contributed by atoms with van der Waals surface area (Å²) in [5, 5.41) is 17.8. The second kappa shape index (κ2) is 9.45. The molecule has 0 aliphatic heterocycles. The fourth-order valence-electron chi connectivity index (χ4n) is 2.70. The molecule has 3 rings (SSSR count). The fraction of sp³-hybridized carbons (Fsp3) is 0.143. The van der Waals surface area contributed by atoms with Gasteiger partial charge in [0.05, 0.1) is 13.2 Å². The Kier molecular flexibility index (Phi) is 6.74. The van der Waals surface area contributed by atoms with Gasteiger partial charge in [-0.05, 0) is 25.1 Å². The van der Waals surface area contributed by atoms with E-state index in [4.69, 9.17) is 16.3 Å². The Bertz CT molecular complexity index is 1040. The highest BCUT2D eigenvalue weighted by molar-refractivity contribution is 7.15. The Morgan fingerprint density at radius 3 is 2.66 bits per heavy atom. The van der Waals surface area contributed by atoms with Crippen LogP contribution >= 0.6 is 22.9 Å². The fourth-order valence-corrected chi connectivity index (χ4v) is 3.90. The van der Waals surface area contributed by atoms with E-state index < -0.39 is 5.97 Å². The van der Waals surface area contributed by atoms with Gasteiger partial charge < -0.3 is 20.5 Å². The zero-order chi connectivity index (χ0) is 20.8. The van der Waals surface area contributed by atoms with E-state index in [2.05, 4.69) is 10.6 Å². The molecule has 0 spiro atoms. The van der Waals surface area contributed by atoms with Crippen LogP contribution in [0.15, 0.2) is 53.9 Å². The van der Waals surface area contributed by atoms with Gasteiger partial charge in [0.2, 0.25) is 5.91 Å². The molecule has 3 aromatic rings. The van der Waals surface area contributed by atoms with Gasteiger partial charge in [-0.2, -0.15) is 0 Å². The number of anilines is 2. The first kappa shape index (κ1) is 20.7. The van der Waals surface area contributed by atoms with E-state index in [1.165, 1.54) is 17.4 Å². The molecule has 1 heterocycles. The van der Waals surface area contributed by atoms with Crippen molar-refractivity contribution in [3.63, 3.8) is 0 Å². The first-order valence-corrected chi connectivity index (χ1v) is 10.1. The maximum atomic E-state index is 12.6. The van der Waals surface area contributed by atoms with Crippen molar-refractivity contribution >= 4 is 45.5 Å². The number of hydrogen-bond donors (Lipinski definition) is 3. The van der Waals surface area contributed by atoms with Crippen molar-refractivity contribution < 1.29 is 19.4 Å². The Morgan fingerprint density at radius 1 is 1.14 bits per heavy atom. The summed E-state index contributed by atoms with van der Waals surface area (Å²) < 4.78 is 5.18. The second-order valence-electron chi connectivity index (χ2n) is 6.01. The molecule has 2 aromatic carbocycles. The van der Waals surface area contributed by atoms with E-state index in [1.54, 1.807) is 42.6 Å². The van der Waals surface area contributed by atoms with Crippen LogP contribution in [0.4, 0.5) is 10.7 Å². The maximum Gasteiger partial charge on any atom is 0.341 e. The Labute approximate surface area is 177 Å². The summed E-state index contributed by atoms with van der Waals surface area (Å²) in [7, 11) is 0. The lowest BCUT2D eigenvalue weighted by Gasteiger charge is -2.10. The van der Waals surface area contributed by atoms with E-state index in [0.717, 1.165) is 0 Å². The normalized spacial score (nSPS) is 10.4. The lowest BCUT2D eigenvalue weighted by molar-refractivity contribution is -0.114. The average molecular weight is 431 g/mol. The van der Waals surface area contributed by atoms with E-state index in [9.17, 15) is 14.7 Å². The van der Waals surface area contributed by atoms with Gasteiger partial charge in [0.15, 0.2) is 0 Å². The number of rotatable bonds is 7. The lowest BCUT2D eigenvalue weighted by atomic mass is 10.0. The molecule has 0 unspecified atom stereocenters. The average Bonchev–Trinajstić information content (AvgIpc) is 3.10. The van der Waals surface area contributed by atoms with Crippen LogP contribution in [0.3, 0.4) is 0 Å². The zero-order valence-corrected chi connectivity index (χ0v) is 17.1. The Balaban J connectivity index is 1.82. The molecule has 150 valence electrons. The van der Waals surface area contributed by atoms with Crippen molar-refractivity contribution in [1.82, 2.24) is 0 Å². The van der Waals surface area contributed by atoms with Crippen molar-refractivity contribution in [3.05, 3.63) is 64.5 Å². The minimum atomic E-state index is -0.528. The number of amides is 1. The minimum absolute atomic E-state index is 0.0367. The van der Waals surface area contributed by atoms with Crippen molar-refractivity contribution in [2.24, 2.45) is 0 Å². The number of benzene rings is 2. The lowest BCUT2D eigenvalue weighted by Crippen LogP contribution is -2.22. The Hall–Kier alpha value is -3.03. The molecular weight excluding hydrogens is 412 g/mol. The van der Waals surface area contributed by atoms with Crippen LogP contribution in [0.25, 0.3) is 11.1 Å². The number of thiophene rings is 1. The summed E-state index contributed by atoms with van der Waals surface area (Å²) in [4.78, 5) is 25.0. The first-order valence-electron chi connectivity index (χ1n) is 8.86. The summed E-state index contributed by atoms with van der Waals surface area (Å²) in [6.45, 7) is 1.89. The quantitative estimate of drug-likeness (QED) is 0.459. The third-order valence-corrected chi connectivity index (χ3v) is 5.21. The van der Waals surface area contributed by atoms with E-state index >= 15 is 0 Å². The van der Waals surface area contributed by atoms with Crippen LogP contribution < -0.4 is 10.6 Å². The number of carbonyl (C=O) groups excluding carboxylic acids is 2. The van der Waals surface area contributed by atoms with Gasteiger partial charge in [0, 0.05) is 33.3 Å². The van der Waals surface area contributed by atoms with Crippen LogP contribution in [0.1, 0.15) is 17.3 Å². The van der Waals surface area contributed by atoms with Gasteiger partial charge in [0.1, 0.15) is 16.3 Å². The van der Waals surface area contributed by atoms with Gasteiger partial charge in [0.25, 0.3) is 0 Å². The number of phenolic OH excluding ortho intramolecular Hbond substituents is 1. The van der Waals surface area contributed by atoms with E-state index in [-0.39, 0.29) is 30.4 Å². The first-order chi connectivity index (χ1) is 14.0. The largest absolute Gasteiger partial charge is 0.508 e. The number of esters is 1. The van der Waals surface area contributed by atoms with Crippen LogP contribution in [0.5, 0.6) is 5.75 Å². The summed E-state index contributed by atoms with van der Waals surface area (Å²) in [6.07, 6.45) is 0. The third-order valence-electron chi connectivity index (χ3n) is 3.99. The van der Waals surface area contributed by atoms with Crippen LogP contribution in [-0.2, 0) is 9.53 Å².